The van der Waals surface area contributed by atoms with Crippen LogP contribution < -0.4 is 0 Å². The monoisotopic (exact) mass is 308 g/mol. The van der Waals surface area contributed by atoms with Crippen molar-refractivity contribution >= 4 is 28.3 Å². The van der Waals surface area contributed by atoms with Crippen molar-refractivity contribution in [1.29, 1.82) is 0 Å². The molecule has 0 saturated carbocycles. The van der Waals surface area contributed by atoms with E-state index in [4.69, 9.17) is 11.6 Å². The van der Waals surface area contributed by atoms with Gasteiger partial charge in [0.2, 0.25) is 0 Å². The first-order valence-electron chi connectivity index (χ1n) is 7.01. The van der Waals surface area contributed by atoms with E-state index in [0.717, 1.165) is 39.1 Å². The Bertz CT molecular complexity index is 1020. The topological polar surface area (TPSA) is 43.1 Å². The van der Waals surface area contributed by atoms with Crippen LogP contribution in [-0.4, -0.2) is 19.6 Å². The summed E-state index contributed by atoms with van der Waals surface area (Å²) in [6.07, 6.45) is 1.82. The zero-order valence-corrected chi connectivity index (χ0v) is 13.0. The minimum Gasteiger partial charge on any atom is -0.236 e. The van der Waals surface area contributed by atoms with Crippen molar-refractivity contribution in [1.82, 2.24) is 19.6 Å². The lowest BCUT2D eigenvalue weighted by Gasteiger charge is -2.09. The van der Waals surface area contributed by atoms with Crippen molar-refractivity contribution < 1.29 is 0 Å². The normalized spacial score (nSPS) is 11.4. The Morgan fingerprint density at radius 3 is 2.68 bits per heavy atom. The molecule has 0 radical (unpaired) electrons. The first-order chi connectivity index (χ1) is 10.6. The van der Waals surface area contributed by atoms with E-state index >= 15 is 0 Å². The predicted octanol–water partition coefficient (Wildman–Crippen LogP) is 4.21. The van der Waals surface area contributed by atoms with Crippen LogP contribution in [0.15, 0.2) is 42.6 Å². The lowest BCUT2D eigenvalue weighted by Crippen LogP contribution is -1.97. The molecule has 0 atom stereocenters. The molecule has 3 heterocycles. The third kappa shape index (κ3) is 1.96. The molecule has 0 N–H and O–H groups in total. The highest BCUT2D eigenvalue weighted by Crippen LogP contribution is 2.31. The van der Waals surface area contributed by atoms with Gasteiger partial charge >= 0.3 is 0 Å². The molecular formula is C17H13ClN4. The molecule has 0 aliphatic carbocycles. The van der Waals surface area contributed by atoms with Gasteiger partial charge in [0.1, 0.15) is 5.15 Å². The number of pyridine rings is 1. The third-order valence-corrected chi connectivity index (χ3v) is 4.06. The van der Waals surface area contributed by atoms with Crippen LogP contribution in [0.1, 0.15) is 11.3 Å². The van der Waals surface area contributed by atoms with Gasteiger partial charge in [-0.3, -0.25) is 0 Å². The van der Waals surface area contributed by atoms with Crippen LogP contribution in [0.25, 0.3) is 27.8 Å². The fourth-order valence-corrected chi connectivity index (χ4v) is 2.93. The van der Waals surface area contributed by atoms with E-state index in [1.165, 1.54) is 0 Å². The summed E-state index contributed by atoms with van der Waals surface area (Å²) in [4.78, 5) is 8.99. The summed E-state index contributed by atoms with van der Waals surface area (Å²) in [5.74, 6) is 0. The highest BCUT2D eigenvalue weighted by atomic mass is 35.5. The lowest BCUT2D eigenvalue weighted by molar-refractivity contribution is 0.939. The fourth-order valence-electron chi connectivity index (χ4n) is 2.70. The minimum absolute atomic E-state index is 0.474. The summed E-state index contributed by atoms with van der Waals surface area (Å²) in [6, 6.07) is 12.1. The Labute approximate surface area is 132 Å². The molecule has 0 aliphatic heterocycles. The summed E-state index contributed by atoms with van der Waals surface area (Å²) in [5.41, 5.74) is 5.56. The maximum atomic E-state index is 6.44. The molecule has 4 aromatic rings. The number of aromatic nitrogens is 4. The van der Waals surface area contributed by atoms with Gasteiger partial charge in [0.05, 0.1) is 5.69 Å². The molecule has 0 fully saturated rings. The van der Waals surface area contributed by atoms with E-state index in [1.54, 1.807) is 4.52 Å². The molecule has 3 aromatic heterocycles. The summed E-state index contributed by atoms with van der Waals surface area (Å²) in [7, 11) is 0. The van der Waals surface area contributed by atoms with Crippen LogP contribution in [0, 0.1) is 13.8 Å². The zero-order chi connectivity index (χ0) is 15.3. The van der Waals surface area contributed by atoms with E-state index in [9.17, 15) is 0 Å². The van der Waals surface area contributed by atoms with Gasteiger partial charge in [0.15, 0.2) is 11.3 Å². The lowest BCUT2D eigenvalue weighted by atomic mass is 10.0. The van der Waals surface area contributed by atoms with Crippen molar-refractivity contribution in [3.63, 3.8) is 0 Å². The number of aryl methyl sites for hydroxylation is 2. The summed E-state index contributed by atoms with van der Waals surface area (Å²) < 4.78 is 1.73. The number of halogens is 1. The van der Waals surface area contributed by atoms with Crippen LogP contribution in [0.5, 0.6) is 0 Å². The van der Waals surface area contributed by atoms with E-state index < -0.39 is 0 Å². The van der Waals surface area contributed by atoms with Crippen molar-refractivity contribution in [3.05, 3.63) is 59.0 Å². The van der Waals surface area contributed by atoms with Crippen LogP contribution >= 0.6 is 11.6 Å². The minimum atomic E-state index is 0.474. The Morgan fingerprint density at radius 1 is 1.05 bits per heavy atom. The highest BCUT2D eigenvalue weighted by Gasteiger charge is 2.12. The molecule has 1 aromatic carbocycles. The maximum Gasteiger partial charge on any atom is 0.166 e. The fraction of sp³-hybridized carbons (Fsp3) is 0.118. The number of nitrogens with zero attached hydrogens (tertiary/aromatic N) is 4. The molecule has 108 valence electrons. The highest BCUT2D eigenvalue weighted by molar-refractivity contribution is 6.32. The third-order valence-electron chi connectivity index (χ3n) is 3.77. The largest absolute Gasteiger partial charge is 0.236 e. The molecular weight excluding hydrogens is 296 g/mol. The summed E-state index contributed by atoms with van der Waals surface area (Å²) in [5, 5.41) is 5.82. The second kappa shape index (κ2) is 4.78. The number of hydrogen-bond donors (Lipinski definition) is 0. The van der Waals surface area contributed by atoms with E-state index in [-0.39, 0.29) is 0 Å². The van der Waals surface area contributed by atoms with Crippen LogP contribution in [-0.2, 0) is 0 Å². The second-order valence-corrected chi connectivity index (χ2v) is 5.73. The van der Waals surface area contributed by atoms with Crippen LogP contribution in [0.4, 0.5) is 0 Å². The van der Waals surface area contributed by atoms with E-state index in [2.05, 4.69) is 28.1 Å². The quantitative estimate of drug-likeness (QED) is 0.495. The summed E-state index contributed by atoms with van der Waals surface area (Å²) in [6.45, 7) is 4.00. The van der Waals surface area contributed by atoms with Gasteiger partial charge in [-0.05, 0) is 31.0 Å². The Hall–Kier alpha value is -2.46. The average Bonchev–Trinajstić information content (AvgIpc) is 2.88. The first kappa shape index (κ1) is 13.2. The molecule has 0 bridgehead atoms. The van der Waals surface area contributed by atoms with Gasteiger partial charge in [-0.25, -0.2) is 9.97 Å². The molecule has 22 heavy (non-hydrogen) atoms. The van der Waals surface area contributed by atoms with Crippen molar-refractivity contribution in [2.75, 3.05) is 0 Å². The zero-order valence-electron chi connectivity index (χ0n) is 12.2. The Morgan fingerprint density at radius 2 is 1.86 bits per heavy atom. The van der Waals surface area contributed by atoms with Gasteiger partial charge in [-0.1, -0.05) is 35.9 Å². The molecule has 0 spiro atoms. The number of benzene rings is 1. The van der Waals surface area contributed by atoms with Gasteiger partial charge in [-0.15, -0.1) is 0 Å². The molecule has 0 amide bonds. The predicted molar refractivity (Wildman–Crippen MR) is 88.2 cm³/mol. The molecule has 4 rings (SSSR count). The number of fused-ring (bicyclic) bond motifs is 3. The Kier molecular flexibility index (Phi) is 2.87. The molecule has 0 saturated heterocycles. The average molecular weight is 309 g/mol. The van der Waals surface area contributed by atoms with Gasteiger partial charge in [0, 0.05) is 23.2 Å². The maximum absolute atomic E-state index is 6.44. The second-order valence-electron chi connectivity index (χ2n) is 5.37. The van der Waals surface area contributed by atoms with Gasteiger partial charge in [0.25, 0.3) is 0 Å². The van der Waals surface area contributed by atoms with Crippen molar-refractivity contribution in [2.45, 2.75) is 13.8 Å². The van der Waals surface area contributed by atoms with E-state index in [1.807, 2.05) is 43.5 Å². The van der Waals surface area contributed by atoms with Crippen molar-refractivity contribution in [3.8, 4) is 11.1 Å². The number of hydrogen-bond acceptors (Lipinski definition) is 3. The molecule has 4 nitrogen and oxygen atoms in total. The van der Waals surface area contributed by atoms with Gasteiger partial charge < -0.3 is 0 Å². The van der Waals surface area contributed by atoms with Crippen LogP contribution in [0.3, 0.4) is 0 Å². The molecule has 0 aliphatic rings. The Balaban J connectivity index is 2.05. The SMILES string of the molecule is Cc1cc2ncc3cc(-c4ccccc4C)c(Cl)nc3n2n1. The number of rotatable bonds is 1. The molecule has 5 heteroatoms. The van der Waals surface area contributed by atoms with Crippen LogP contribution in [0.2, 0.25) is 5.15 Å². The first-order valence-corrected chi connectivity index (χ1v) is 7.39. The summed E-state index contributed by atoms with van der Waals surface area (Å²) >= 11 is 6.44. The standard InChI is InChI=1S/C17H13ClN4/c1-10-5-3-4-6-13(10)14-8-12-9-19-15-7-11(2)21-22(15)17(12)20-16(14)18/h3-9H,1-2H3. The van der Waals surface area contributed by atoms with E-state index in [0.29, 0.717) is 5.15 Å². The molecule has 0 unspecified atom stereocenters. The van der Waals surface area contributed by atoms with Crippen molar-refractivity contribution in [2.24, 2.45) is 0 Å². The van der Waals surface area contributed by atoms with Gasteiger partial charge in [-0.2, -0.15) is 9.61 Å². The smallest absolute Gasteiger partial charge is 0.166 e.